The van der Waals surface area contributed by atoms with Gasteiger partial charge < -0.3 is 25.2 Å². The number of nitrogens with one attached hydrogen (secondary N) is 1. The van der Waals surface area contributed by atoms with Gasteiger partial charge in [-0.2, -0.15) is 0 Å². The molecule has 0 heterocycles. The molecule has 0 aliphatic heterocycles. The number of rotatable bonds is 10. The summed E-state index contributed by atoms with van der Waals surface area (Å²) in [4.78, 5) is 28.4. The van der Waals surface area contributed by atoms with Crippen LogP contribution < -0.4 is 10.1 Å². The SMILES string of the molecule is O=C(NCCO)C1=CC(Oc2ccccc2I)C(O)C(N(Cc2ccc(Cl)cc2)C(=O)Cc2ccccc2)C1. The first-order valence-electron chi connectivity index (χ1n) is 12.6. The van der Waals surface area contributed by atoms with E-state index in [0.717, 1.165) is 14.7 Å². The minimum atomic E-state index is -1.11. The monoisotopic (exact) mass is 660 g/mol. The summed E-state index contributed by atoms with van der Waals surface area (Å²) in [7, 11) is 0. The van der Waals surface area contributed by atoms with E-state index in [9.17, 15) is 19.8 Å². The number of para-hydroxylation sites is 1. The van der Waals surface area contributed by atoms with Crippen LogP contribution in [0, 0.1) is 3.57 Å². The van der Waals surface area contributed by atoms with E-state index in [2.05, 4.69) is 27.9 Å². The van der Waals surface area contributed by atoms with Crippen LogP contribution in [0.1, 0.15) is 17.5 Å². The Morgan fingerprint density at radius 1 is 1.00 bits per heavy atom. The molecule has 0 bridgehead atoms. The molecule has 3 N–H and O–H groups in total. The second-order valence-corrected chi connectivity index (χ2v) is 10.9. The first kappa shape index (κ1) is 29.1. The van der Waals surface area contributed by atoms with E-state index in [1.165, 1.54) is 0 Å². The molecule has 0 saturated carbocycles. The summed E-state index contributed by atoms with van der Waals surface area (Å²) in [5, 5.41) is 24.1. The predicted molar refractivity (Wildman–Crippen MR) is 158 cm³/mol. The lowest BCUT2D eigenvalue weighted by molar-refractivity contribution is -0.138. The molecule has 39 heavy (non-hydrogen) atoms. The molecule has 0 radical (unpaired) electrons. The molecule has 3 unspecified atom stereocenters. The third-order valence-corrected chi connectivity index (χ3v) is 7.64. The molecule has 3 aromatic rings. The molecule has 204 valence electrons. The molecular weight excluding hydrogens is 631 g/mol. The second kappa shape index (κ2) is 13.9. The normalized spacial score (nSPS) is 18.7. The number of amides is 2. The third kappa shape index (κ3) is 7.82. The van der Waals surface area contributed by atoms with Gasteiger partial charge in [-0.3, -0.25) is 9.59 Å². The highest BCUT2D eigenvalue weighted by Gasteiger charge is 2.40. The molecule has 0 aromatic heterocycles. The van der Waals surface area contributed by atoms with Crippen molar-refractivity contribution in [3.63, 3.8) is 0 Å². The van der Waals surface area contributed by atoms with Gasteiger partial charge in [-0.1, -0.05) is 66.2 Å². The highest BCUT2D eigenvalue weighted by molar-refractivity contribution is 14.1. The number of hydrogen-bond acceptors (Lipinski definition) is 5. The molecule has 0 saturated heterocycles. The summed E-state index contributed by atoms with van der Waals surface area (Å²) < 4.78 is 7.06. The summed E-state index contributed by atoms with van der Waals surface area (Å²) >= 11 is 8.24. The molecule has 1 aliphatic rings. The largest absolute Gasteiger partial charge is 0.482 e. The van der Waals surface area contributed by atoms with Gasteiger partial charge in [-0.25, -0.2) is 0 Å². The number of halogens is 2. The van der Waals surface area contributed by atoms with Gasteiger partial charge in [0.05, 0.1) is 22.6 Å². The van der Waals surface area contributed by atoms with Crippen molar-refractivity contribution in [1.82, 2.24) is 10.2 Å². The van der Waals surface area contributed by atoms with E-state index in [1.807, 2.05) is 60.7 Å². The number of nitrogens with zero attached hydrogens (tertiary/aromatic N) is 1. The maximum atomic E-state index is 13.8. The van der Waals surface area contributed by atoms with E-state index >= 15 is 0 Å². The standard InChI is InChI=1S/C30H30ClIN2O5/c31-23-12-10-21(11-13-23)19-34(28(36)16-20-6-2-1-3-7-20)25-17-22(30(38)33-14-15-35)18-27(29(25)37)39-26-9-5-4-8-24(26)32/h1-13,18,25,27,29,35,37H,14-17,19H2,(H,33,38). The highest BCUT2D eigenvalue weighted by atomic mass is 127. The fourth-order valence-corrected chi connectivity index (χ4v) is 5.16. The minimum absolute atomic E-state index is 0.0902. The van der Waals surface area contributed by atoms with Crippen LogP contribution in [0.15, 0.2) is 90.5 Å². The van der Waals surface area contributed by atoms with E-state index in [-0.39, 0.29) is 44.4 Å². The van der Waals surface area contributed by atoms with Crippen LogP contribution in [0.4, 0.5) is 0 Å². The molecule has 3 atom stereocenters. The van der Waals surface area contributed by atoms with E-state index in [1.54, 1.807) is 29.2 Å². The minimum Gasteiger partial charge on any atom is -0.482 e. The Balaban J connectivity index is 1.69. The molecule has 3 aromatic carbocycles. The van der Waals surface area contributed by atoms with Gasteiger partial charge in [0.15, 0.2) is 0 Å². The number of benzene rings is 3. The Morgan fingerprint density at radius 2 is 1.69 bits per heavy atom. The van der Waals surface area contributed by atoms with Crippen LogP contribution >= 0.6 is 34.2 Å². The fourth-order valence-electron chi connectivity index (χ4n) is 4.52. The van der Waals surface area contributed by atoms with E-state index in [4.69, 9.17) is 16.3 Å². The van der Waals surface area contributed by atoms with Crippen molar-refractivity contribution in [3.05, 3.63) is 110 Å². The Labute approximate surface area is 246 Å². The molecule has 1 aliphatic carbocycles. The summed E-state index contributed by atoms with van der Waals surface area (Å²) in [6, 6.07) is 23.2. The summed E-state index contributed by atoms with van der Waals surface area (Å²) in [6.07, 6.45) is -0.124. The van der Waals surface area contributed by atoms with Crippen LogP contribution in [0.25, 0.3) is 0 Å². The van der Waals surface area contributed by atoms with Crippen molar-refractivity contribution in [1.29, 1.82) is 0 Å². The van der Waals surface area contributed by atoms with Crippen LogP contribution in [-0.2, 0) is 22.6 Å². The number of aliphatic hydroxyl groups excluding tert-OH is 2. The van der Waals surface area contributed by atoms with Crippen LogP contribution in [0.2, 0.25) is 5.02 Å². The number of ether oxygens (including phenoxy) is 1. The lowest BCUT2D eigenvalue weighted by Crippen LogP contribution is -2.55. The number of aliphatic hydroxyl groups is 2. The Bertz CT molecular complexity index is 1300. The van der Waals surface area contributed by atoms with Gasteiger partial charge >= 0.3 is 0 Å². The molecule has 4 rings (SSSR count). The van der Waals surface area contributed by atoms with Gasteiger partial charge in [-0.15, -0.1) is 0 Å². The van der Waals surface area contributed by atoms with Gasteiger partial charge in [0.2, 0.25) is 11.8 Å². The Kier molecular flexibility index (Phi) is 10.4. The number of carbonyl (C=O) groups is 2. The lowest BCUT2D eigenvalue weighted by atomic mass is 9.87. The molecule has 2 amide bonds. The Hall–Kier alpha value is -2.92. The lowest BCUT2D eigenvalue weighted by Gasteiger charge is -2.40. The van der Waals surface area contributed by atoms with Gasteiger partial charge in [0.1, 0.15) is 18.0 Å². The summed E-state index contributed by atoms with van der Waals surface area (Å²) in [6.45, 7) is 0.101. The highest BCUT2D eigenvalue weighted by Crippen LogP contribution is 2.31. The van der Waals surface area contributed by atoms with Crippen molar-refractivity contribution in [3.8, 4) is 5.75 Å². The average Bonchev–Trinajstić information content (AvgIpc) is 2.94. The number of carbonyl (C=O) groups excluding carboxylic acids is 2. The number of hydrogen-bond donors (Lipinski definition) is 3. The van der Waals surface area contributed by atoms with Crippen molar-refractivity contribution < 1.29 is 24.5 Å². The average molecular weight is 661 g/mol. The third-order valence-electron chi connectivity index (χ3n) is 6.50. The molecule has 9 heteroatoms. The zero-order valence-electron chi connectivity index (χ0n) is 21.2. The van der Waals surface area contributed by atoms with Crippen LogP contribution in [0.3, 0.4) is 0 Å². The van der Waals surface area contributed by atoms with Gasteiger partial charge in [-0.05, 0) is 64.1 Å². The van der Waals surface area contributed by atoms with Gasteiger partial charge in [0.25, 0.3) is 0 Å². The summed E-state index contributed by atoms with van der Waals surface area (Å²) in [5.74, 6) is -0.00134. The fraction of sp³-hybridized carbons (Fsp3) is 0.267. The molecule has 0 spiro atoms. The van der Waals surface area contributed by atoms with E-state index in [0.29, 0.717) is 16.3 Å². The first-order valence-corrected chi connectivity index (χ1v) is 14.1. The maximum Gasteiger partial charge on any atom is 0.247 e. The topological polar surface area (TPSA) is 99.1 Å². The van der Waals surface area contributed by atoms with Crippen molar-refractivity contribution in [2.75, 3.05) is 13.2 Å². The maximum absolute atomic E-state index is 13.8. The van der Waals surface area contributed by atoms with Gasteiger partial charge in [0, 0.05) is 30.1 Å². The van der Waals surface area contributed by atoms with Crippen molar-refractivity contribution >= 4 is 46.0 Å². The quantitative estimate of drug-likeness (QED) is 0.284. The molecular formula is C30H30ClIN2O5. The van der Waals surface area contributed by atoms with Crippen molar-refractivity contribution in [2.24, 2.45) is 0 Å². The smallest absolute Gasteiger partial charge is 0.247 e. The zero-order valence-corrected chi connectivity index (χ0v) is 24.1. The molecule has 0 fully saturated rings. The van der Waals surface area contributed by atoms with E-state index < -0.39 is 18.2 Å². The molecule has 7 nitrogen and oxygen atoms in total. The van der Waals surface area contributed by atoms with Crippen LogP contribution in [0.5, 0.6) is 5.75 Å². The second-order valence-electron chi connectivity index (χ2n) is 9.26. The first-order chi connectivity index (χ1) is 18.9. The zero-order chi connectivity index (χ0) is 27.8. The van der Waals surface area contributed by atoms with Crippen molar-refractivity contribution in [2.45, 2.75) is 37.6 Å². The predicted octanol–water partition coefficient (Wildman–Crippen LogP) is 4.13. The summed E-state index contributed by atoms with van der Waals surface area (Å²) in [5.41, 5.74) is 2.06. The van der Waals surface area contributed by atoms with Crippen LogP contribution in [-0.4, -0.2) is 58.3 Å². The Morgan fingerprint density at radius 3 is 2.38 bits per heavy atom.